The topological polar surface area (TPSA) is 113 Å². The van der Waals surface area contributed by atoms with Gasteiger partial charge in [-0.2, -0.15) is 0 Å². The van der Waals surface area contributed by atoms with E-state index in [1.54, 1.807) is 6.92 Å². The molecule has 1 aromatic carbocycles. The Labute approximate surface area is 163 Å². The van der Waals surface area contributed by atoms with Gasteiger partial charge < -0.3 is 9.84 Å². The van der Waals surface area contributed by atoms with Gasteiger partial charge in [0.1, 0.15) is 12.1 Å². The van der Waals surface area contributed by atoms with Gasteiger partial charge in [-0.05, 0) is 38.7 Å². The summed E-state index contributed by atoms with van der Waals surface area (Å²) in [6, 6.07) is 6.77. The SMILES string of the molecule is CCOC(=O)[C@@H](CCc1ccccc1)N[C@@H](C)C(=O)N1C(=O)CC[C@H]1C(=O)O. The predicted molar refractivity (Wildman–Crippen MR) is 100 cm³/mol. The predicted octanol–water partition coefficient (Wildman–Crippen LogP) is 1.13. The van der Waals surface area contributed by atoms with Gasteiger partial charge in [-0.3, -0.25) is 24.6 Å². The Morgan fingerprint density at radius 1 is 1.29 bits per heavy atom. The lowest BCUT2D eigenvalue weighted by Gasteiger charge is -2.26. The molecule has 3 atom stereocenters. The third-order valence-electron chi connectivity index (χ3n) is 4.69. The lowest BCUT2D eigenvalue weighted by Crippen LogP contribution is -2.54. The second-order valence-electron chi connectivity index (χ2n) is 6.71. The van der Waals surface area contributed by atoms with Crippen molar-refractivity contribution >= 4 is 23.8 Å². The molecule has 8 heteroatoms. The number of benzene rings is 1. The average molecular weight is 390 g/mol. The largest absolute Gasteiger partial charge is 0.480 e. The number of nitrogens with zero attached hydrogens (tertiary/aromatic N) is 1. The average Bonchev–Trinajstić information content (AvgIpc) is 3.07. The van der Waals surface area contributed by atoms with Crippen molar-refractivity contribution in [3.05, 3.63) is 35.9 Å². The lowest BCUT2D eigenvalue weighted by molar-refractivity contribution is -0.155. The maximum absolute atomic E-state index is 12.7. The molecule has 28 heavy (non-hydrogen) atoms. The summed E-state index contributed by atoms with van der Waals surface area (Å²) in [5.74, 6) is -2.86. The number of amides is 2. The zero-order chi connectivity index (χ0) is 20.7. The second kappa shape index (κ2) is 9.98. The van der Waals surface area contributed by atoms with Crippen molar-refractivity contribution in [3.63, 3.8) is 0 Å². The van der Waals surface area contributed by atoms with Gasteiger partial charge in [0.15, 0.2) is 0 Å². The fraction of sp³-hybridized carbons (Fsp3) is 0.500. The van der Waals surface area contributed by atoms with E-state index >= 15 is 0 Å². The number of imide groups is 1. The third-order valence-corrected chi connectivity index (χ3v) is 4.69. The normalized spacial score (nSPS) is 18.6. The molecule has 2 amide bonds. The number of hydrogen-bond acceptors (Lipinski definition) is 6. The van der Waals surface area contributed by atoms with E-state index < -0.39 is 41.9 Å². The number of carboxylic acid groups (broad SMARTS) is 1. The molecule has 0 spiro atoms. The van der Waals surface area contributed by atoms with Crippen LogP contribution in [-0.4, -0.2) is 58.5 Å². The first-order valence-electron chi connectivity index (χ1n) is 9.40. The zero-order valence-electron chi connectivity index (χ0n) is 16.1. The van der Waals surface area contributed by atoms with Crippen molar-refractivity contribution in [2.45, 2.75) is 57.7 Å². The van der Waals surface area contributed by atoms with Crippen molar-refractivity contribution in [2.24, 2.45) is 0 Å². The molecule has 0 radical (unpaired) electrons. The monoisotopic (exact) mass is 390 g/mol. The van der Waals surface area contributed by atoms with Crippen LogP contribution in [0, 0.1) is 0 Å². The first-order valence-corrected chi connectivity index (χ1v) is 9.40. The highest BCUT2D eigenvalue weighted by atomic mass is 16.5. The van der Waals surface area contributed by atoms with E-state index in [4.69, 9.17) is 4.74 Å². The number of carbonyl (C=O) groups is 4. The van der Waals surface area contributed by atoms with Crippen LogP contribution < -0.4 is 5.32 Å². The molecular weight excluding hydrogens is 364 g/mol. The number of hydrogen-bond donors (Lipinski definition) is 2. The minimum absolute atomic E-state index is 0.0186. The summed E-state index contributed by atoms with van der Waals surface area (Å²) < 4.78 is 5.09. The number of esters is 1. The van der Waals surface area contributed by atoms with Crippen LogP contribution in [0.4, 0.5) is 0 Å². The summed E-state index contributed by atoms with van der Waals surface area (Å²) in [5.41, 5.74) is 1.04. The molecule has 1 heterocycles. The van der Waals surface area contributed by atoms with E-state index in [0.29, 0.717) is 12.8 Å². The summed E-state index contributed by atoms with van der Waals surface area (Å²) in [7, 11) is 0. The van der Waals surface area contributed by atoms with Crippen LogP contribution in [0.5, 0.6) is 0 Å². The first-order chi connectivity index (χ1) is 13.3. The molecule has 1 aromatic rings. The smallest absolute Gasteiger partial charge is 0.326 e. The quantitative estimate of drug-likeness (QED) is 0.608. The molecule has 1 fully saturated rings. The maximum Gasteiger partial charge on any atom is 0.326 e. The Morgan fingerprint density at radius 2 is 1.96 bits per heavy atom. The van der Waals surface area contributed by atoms with Crippen LogP contribution in [0.3, 0.4) is 0 Å². The van der Waals surface area contributed by atoms with E-state index in [9.17, 15) is 24.3 Å². The molecule has 1 saturated heterocycles. The van der Waals surface area contributed by atoms with Crippen LogP contribution in [0.2, 0.25) is 0 Å². The summed E-state index contributed by atoms with van der Waals surface area (Å²) in [4.78, 5) is 49.1. The Bertz CT molecular complexity index is 721. The fourth-order valence-corrected chi connectivity index (χ4v) is 3.24. The molecule has 8 nitrogen and oxygen atoms in total. The number of carboxylic acids is 1. The number of likely N-dealkylation sites (tertiary alicyclic amines) is 1. The standard InChI is InChI=1S/C20H26N2O6/c1-3-28-20(27)15(10-9-14-7-5-4-6-8-14)21-13(2)18(24)22-16(19(25)26)11-12-17(22)23/h4-8,13,15-16,21H,3,9-12H2,1-2H3,(H,25,26)/t13-,15+,16-/m0/s1. The minimum atomic E-state index is -1.21. The van der Waals surface area contributed by atoms with Gasteiger partial charge in [-0.15, -0.1) is 0 Å². The van der Waals surface area contributed by atoms with Crippen LogP contribution in [0.15, 0.2) is 30.3 Å². The Morgan fingerprint density at radius 3 is 2.57 bits per heavy atom. The third kappa shape index (κ3) is 5.39. The summed E-state index contributed by atoms with van der Waals surface area (Å²) >= 11 is 0. The van der Waals surface area contributed by atoms with Crippen molar-refractivity contribution in [1.29, 1.82) is 0 Å². The molecular formula is C20H26N2O6. The minimum Gasteiger partial charge on any atom is -0.480 e. The Balaban J connectivity index is 2.06. The zero-order valence-corrected chi connectivity index (χ0v) is 16.1. The molecule has 1 aliphatic heterocycles. The van der Waals surface area contributed by atoms with Crippen LogP contribution in [-0.2, 0) is 30.3 Å². The van der Waals surface area contributed by atoms with E-state index in [0.717, 1.165) is 10.5 Å². The fourth-order valence-electron chi connectivity index (χ4n) is 3.24. The van der Waals surface area contributed by atoms with Gasteiger partial charge in [-0.25, -0.2) is 4.79 Å². The molecule has 0 aliphatic carbocycles. The van der Waals surface area contributed by atoms with Gasteiger partial charge in [-0.1, -0.05) is 30.3 Å². The highest BCUT2D eigenvalue weighted by Gasteiger charge is 2.42. The second-order valence-corrected chi connectivity index (χ2v) is 6.71. The van der Waals surface area contributed by atoms with E-state index in [1.165, 1.54) is 6.92 Å². The van der Waals surface area contributed by atoms with E-state index in [1.807, 2.05) is 30.3 Å². The Hall–Kier alpha value is -2.74. The highest BCUT2D eigenvalue weighted by molar-refractivity contribution is 6.03. The molecule has 2 N–H and O–H groups in total. The number of carbonyl (C=O) groups excluding carboxylic acids is 3. The maximum atomic E-state index is 12.7. The Kier molecular flexibility index (Phi) is 7.69. The van der Waals surface area contributed by atoms with Crippen molar-refractivity contribution in [1.82, 2.24) is 10.2 Å². The molecule has 0 unspecified atom stereocenters. The number of rotatable bonds is 9. The van der Waals surface area contributed by atoms with Crippen molar-refractivity contribution < 1.29 is 29.0 Å². The van der Waals surface area contributed by atoms with Gasteiger partial charge >= 0.3 is 11.9 Å². The van der Waals surface area contributed by atoms with Gasteiger partial charge in [0.25, 0.3) is 0 Å². The van der Waals surface area contributed by atoms with E-state index in [-0.39, 0.29) is 19.4 Å². The number of aryl methyl sites for hydroxylation is 1. The number of ether oxygens (including phenoxy) is 1. The molecule has 2 rings (SSSR count). The molecule has 0 aromatic heterocycles. The van der Waals surface area contributed by atoms with Crippen LogP contribution in [0.25, 0.3) is 0 Å². The summed E-state index contributed by atoms with van der Waals surface area (Å²) in [5, 5.41) is 12.2. The molecule has 0 saturated carbocycles. The van der Waals surface area contributed by atoms with Gasteiger partial charge in [0.2, 0.25) is 11.8 Å². The first kappa shape index (κ1) is 21.6. The number of aliphatic carboxylic acids is 1. The van der Waals surface area contributed by atoms with Crippen LogP contribution in [0.1, 0.15) is 38.7 Å². The van der Waals surface area contributed by atoms with Crippen molar-refractivity contribution in [3.8, 4) is 0 Å². The molecule has 0 bridgehead atoms. The number of nitrogens with one attached hydrogen (secondary N) is 1. The molecule has 1 aliphatic rings. The highest BCUT2D eigenvalue weighted by Crippen LogP contribution is 2.20. The summed E-state index contributed by atoms with van der Waals surface area (Å²) in [6.07, 6.45) is 1.11. The summed E-state index contributed by atoms with van der Waals surface area (Å²) in [6.45, 7) is 3.42. The molecule has 152 valence electrons. The van der Waals surface area contributed by atoms with E-state index in [2.05, 4.69) is 5.32 Å². The van der Waals surface area contributed by atoms with Gasteiger partial charge in [0, 0.05) is 6.42 Å². The lowest BCUT2D eigenvalue weighted by atomic mass is 10.0. The van der Waals surface area contributed by atoms with Crippen LogP contribution >= 0.6 is 0 Å². The van der Waals surface area contributed by atoms with Gasteiger partial charge in [0.05, 0.1) is 12.6 Å². The van der Waals surface area contributed by atoms with Crippen molar-refractivity contribution in [2.75, 3.05) is 6.61 Å².